The lowest BCUT2D eigenvalue weighted by atomic mass is 10.2. The Morgan fingerprint density at radius 1 is 1.07 bits per heavy atom. The maximum atomic E-state index is 12.3. The van der Waals surface area contributed by atoms with Gasteiger partial charge in [0.1, 0.15) is 11.8 Å². The molecule has 1 aromatic heterocycles. The molecule has 3 rings (SSSR count). The molecule has 7 heteroatoms. The highest BCUT2D eigenvalue weighted by Gasteiger charge is 2.10. The Hall–Kier alpha value is -3.92. The number of amides is 1. The molecule has 1 amide bonds. The number of nitrogens with one attached hydrogen (secondary N) is 2. The number of aromatic nitrogens is 2. The van der Waals surface area contributed by atoms with Gasteiger partial charge in [0.05, 0.1) is 22.9 Å². The van der Waals surface area contributed by atoms with Gasteiger partial charge in [-0.05, 0) is 50.2 Å². The molecule has 0 aliphatic carbocycles. The SMILES string of the molecule is CC(C)Oc1ccc(Nc2ncc(C(=O)Nc3ccccc3C#N)cn2)cc1. The van der Waals surface area contributed by atoms with E-state index in [0.29, 0.717) is 22.8 Å². The summed E-state index contributed by atoms with van der Waals surface area (Å²) in [7, 11) is 0. The number of rotatable bonds is 6. The third-order valence-corrected chi connectivity index (χ3v) is 3.69. The van der Waals surface area contributed by atoms with Crippen LogP contribution in [0.15, 0.2) is 60.9 Å². The topological polar surface area (TPSA) is 99.9 Å². The average molecular weight is 373 g/mol. The maximum absolute atomic E-state index is 12.3. The van der Waals surface area contributed by atoms with Gasteiger partial charge >= 0.3 is 0 Å². The lowest BCUT2D eigenvalue weighted by molar-refractivity contribution is 0.102. The molecule has 0 fully saturated rings. The number of nitriles is 1. The van der Waals surface area contributed by atoms with Crippen LogP contribution in [0.1, 0.15) is 29.8 Å². The van der Waals surface area contributed by atoms with Crippen molar-refractivity contribution in [2.75, 3.05) is 10.6 Å². The van der Waals surface area contributed by atoms with E-state index >= 15 is 0 Å². The molecular weight excluding hydrogens is 354 g/mol. The molecule has 0 bridgehead atoms. The van der Waals surface area contributed by atoms with Gasteiger partial charge in [0.25, 0.3) is 5.91 Å². The number of carbonyl (C=O) groups excluding carboxylic acids is 1. The van der Waals surface area contributed by atoms with Crippen molar-refractivity contribution in [1.29, 1.82) is 5.26 Å². The zero-order chi connectivity index (χ0) is 19.9. The summed E-state index contributed by atoms with van der Waals surface area (Å²) >= 11 is 0. The van der Waals surface area contributed by atoms with Crippen molar-refractivity contribution < 1.29 is 9.53 Å². The first-order valence-electron chi connectivity index (χ1n) is 8.71. The van der Waals surface area contributed by atoms with Crippen LogP contribution >= 0.6 is 0 Å². The fraction of sp³-hybridized carbons (Fsp3) is 0.143. The van der Waals surface area contributed by atoms with Gasteiger partial charge in [0.15, 0.2) is 0 Å². The summed E-state index contributed by atoms with van der Waals surface area (Å²) in [5.74, 6) is 0.766. The molecule has 0 spiro atoms. The minimum Gasteiger partial charge on any atom is -0.491 e. The molecule has 0 saturated heterocycles. The van der Waals surface area contributed by atoms with Gasteiger partial charge in [-0.1, -0.05) is 12.1 Å². The summed E-state index contributed by atoms with van der Waals surface area (Å²) in [6.45, 7) is 3.94. The predicted molar refractivity (Wildman–Crippen MR) is 107 cm³/mol. The molecule has 0 aliphatic heterocycles. The second-order valence-corrected chi connectivity index (χ2v) is 6.22. The quantitative estimate of drug-likeness (QED) is 0.674. The smallest absolute Gasteiger partial charge is 0.258 e. The van der Waals surface area contributed by atoms with Gasteiger partial charge < -0.3 is 15.4 Å². The molecule has 28 heavy (non-hydrogen) atoms. The summed E-state index contributed by atoms with van der Waals surface area (Å²) in [5, 5.41) is 14.9. The van der Waals surface area contributed by atoms with E-state index in [4.69, 9.17) is 10.00 Å². The van der Waals surface area contributed by atoms with E-state index < -0.39 is 0 Å². The Morgan fingerprint density at radius 2 is 1.75 bits per heavy atom. The van der Waals surface area contributed by atoms with Gasteiger partial charge in [-0.25, -0.2) is 9.97 Å². The molecule has 0 aliphatic rings. The summed E-state index contributed by atoms with van der Waals surface area (Å²) < 4.78 is 5.60. The number of benzene rings is 2. The number of ether oxygens (including phenoxy) is 1. The first-order chi connectivity index (χ1) is 13.5. The summed E-state index contributed by atoms with van der Waals surface area (Å²) in [6.07, 6.45) is 2.96. The maximum Gasteiger partial charge on any atom is 0.258 e. The zero-order valence-corrected chi connectivity index (χ0v) is 15.5. The standard InChI is InChI=1S/C21H19N5O2/c1-14(2)28-18-9-7-17(8-10-18)25-21-23-12-16(13-24-21)20(27)26-19-6-4-3-5-15(19)11-22/h3-10,12-14H,1-2H3,(H,26,27)(H,23,24,25). The molecular formula is C21H19N5O2. The van der Waals surface area contributed by atoms with Crippen molar-refractivity contribution >= 4 is 23.2 Å². The van der Waals surface area contributed by atoms with Gasteiger partial charge in [-0.15, -0.1) is 0 Å². The second-order valence-electron chi connectivity index (χ2n) is 6.22. The zero-order valence-electron chi connectivity index (χ0n) is 15.5. The van der Waals surface area contributed by atoms with E-state index in [-0.39, 0.29) is 12.0 Å². The van der Waals surface area contributed by atoms with E-state index in [1.54, 1.807) is 24.3 Å². The lowest BCUT2D eigenvalue weighted by Crippen LogP contribution is -2.14. The van der Waals surface area contributed by atoms with Crippen LogP contribution < -0.4 is 15.4 Å². The number of hydrogen-bond acceptors (Lipinski definition) is 6. The molecule has 0 radical (unpaired) electrons. The second kappa shape index (κ2) is 8.64. The van der Waals surface area contributed by atoms with Gasteiger partial charge in [0, 0.05) is 18.1 Å². The van der Waals surface area contributed by atoms with Crippen molar-refractivity contribution in [3.8, 4) is 11.8 Å². The molecule has 140 valence electrons. The first-order valence-corrected chi connectivity index (χ1v) is 8.71. The highest BCUT2D eigenvalue weighted by Crippen LogP contribution is 2.19. The Bertz CT molecular complexity index is 993. The van der Waals surface area contributed by atoms with Crippen molar-refractivity contribution in [3.05, 3.63) is 72.1 Å². The number of carbonyl (C=O) groups is 1. The molecule has 2 N–H and O–H groups in total. The van der Waals surface area contributed by atoms with Gasteiger partial charge in [0.2, 0.25) is 5.95 Å². The predicted octanol–water partition coefficient (Wildman–Crippen LogP) is 4.13. The highest BCUT2D eigenvalue weighted by molar-refractivity contribution is 6.04. The molecule has 3 aromatic rings. The molecule has 7 nitrogen and oxygen atoms in total. The van der Waals surface area contributed by atoms with E-state index in [0.717, 1.165) is 11.4 Å². The summed E-state index contributed by atoms with van der Waals surface area (Å²) in [5.41, 5.74) is 1.93. The van der Waals surface area contributed by atoms with E-state index in [1.807, 2.05) is 44.2 Å². The highest BCUT2D eigenvalue weighted by atomic mass is 16.5. The van der Waals surface area contributed by atoms with E-state index in [9.17, 15) is 4.79 Å². The van der Waals surface area contributed by atoms with Gasteiger partial charge in [-0.2, -0.15) is 5.26 Å². The fourth-order valence-corrected chi connectivity index (χ4v) is 2.41. The van der Waals surface area contributed by atoms with Crippen LogP contribution in [0.4, 0.5) is 17.3 Å². The lowest BCUT2D eigenvalue weighted by Gasteiger charge is -2.11. The molecule has 0 atom stereocenters. The van der Waals surface area contributed by atoms with Gasteiger partial charge in [-0.3, -0.25) is 4.79 Å². The van der Waals surface area contributed by atoms with Crippen LogP contribution in [-0.2, 0) is 0 Å². The number of para-hydroxylation sites is 1. The van der Waals surface area contributed by atoms with Crippen LogP contribution in [0.3, 0.4) is 0 Å². The van der Waals surface area contributed by atoms with Crippen LogP contribution in [0, 0.1) is 11.3 Å². The Labute approximate surface area is 163 Å². The van der Waals surface area contributed by atoms with Crippen LogP contribution in [0.25, 0.3) is 0 Å². The minimum atomic E-state index is -0.385. The molecule has 0 saturated carbocycles. The monoisotopic (exact) mass is 373 g/mol. The summed E-state index contributed by atoms with van der Waals surface area (Å²) in [4.78, 5) is 20.7. The molecule has 2 aromatic carbocycles. The third kappa shape index (κ3) is 4.83. The Kier molecular flexibility index (Phi) is 5.82. The Morgan fingerprint density at radius 3 is 2.39 bits per heavy atom. The van der Waals surface area contributed by atoms with Crippen molar-refractivity contribution in [1.82, 2.24) is 9.97 Å². The van der Waals surface area contributed by atoms with Crippen molar-refractivity contribution in [3.63, 3.8) is 0 Å². The molecule has 1 heterocycles. The normalized spacial score (nSPS) is 10.2. The van der Waals surface area contributed by atoms with Crippen LogP contribution in [0.5, 0.6) is 5.75 Å². The largest absolute Gasteiger partial charge is 0.491 e. The summed E-state index contributed by atoms with van der Waals surface area (Å²) in [6, 6.07) is 16.3. The number of anilines is 3. The fourth-order valence-electron chi connectivity index (χ4n) is 2.41. The van der Waals surface area contributed by atoms with Crippen LogP contribution in [-0.4, -0.2) is 22.0 Å². The third-order valence-electron chi connectivity index (χ3n) is 3.69. The van der Waals surface area contributed by atoms with Crippen LogP contribution in [0.2, 0.25) is 0 Å². The Balaban J connectivity index is 1.64. The minimum absolute atomic E-state index is 0.112. The number of hydrogen-bond donors (Lipinski definition) is 2. The van der Waals surface area contributed by atoms with E-state index in [1.165, 1.54) is 12.4 Å². The number of nitrogens with zero attached hydrogens (tertiary/aromatic N) is 3. The average Bonchev–Trinajstić information content (AvgIpc) is 2.70. The van der Waals surface area contributed by atoms with Crippen molar-refractivity contribution in [2.24, 2.45) is 0 Å². The van der Waals surface area contributed by atoms with Crippen molar-refractivity contribution in [2.45, 2.75) is 20.0 Å². The molecule has 0 unspecified atom stereocenters. The first kappa shape index (κ1) is 18.9. The van der Waals surface area contributed by atoms with E-state index in [2.05, 4.69) is 20.6 Å².